The number of rotatable bonds is 6. The van der Waals surface area contributed by atoms with E-state index in [9.17, 15) is 9.18 Å². The molecule has 122 valence electrons. The topological polar surface area (TPSA) is 41.1 Å². The first kappa shape index (κ1) is 17.3. The maximum absolute atomic E-state index is 13.0. The van der Waals surface area contributed by atoms with Crippen molar-refractivity contribution in [3.05, 3.63) is 58.9 Å². The first-order valence-corrected chi connectivity index (χ1v) is 7.98. The second-order valence-corrected chi connectivity index (χ2v) is 5.83. The standard InChI is InChI=1S/C18H20ClFN2O/c1-3-4-13-5-8-15(9-6-13)21-12(2)18(23)22-17-10-7-14(20)11-16(17)19/h5-12,21H,3-4H2,1-2H3,(H,22,23)/t12-/m0/s1. The number of amides is 1. The Kier molecular flexibility index (Phi) is 5.99. The smallest absolute Gasteiger partial charge is 0.246 e. The Morgan fingerprint density at radius 1 is 1.22 bits per heavy atom. The summed E-state index contributed by atoms with van der Waals surface area (Å²) in [5, 5.41) is 6.00. The summed E-state index contributed by atoms with van der Waals surface area (Å²) in [7, 11) is 0. The average molecular weight is 335 g/mol. The van der Waals surface area contributed by atoms with Crippen LogP contribution in [0.15, 0.2) is 42.5 Å². The van der Waals surface area contributed by atoms with Crippen molar-refractivity contribution >= 4 is 28.9 Å². The van der Waals surface area contributed by atoms with Crippen molar-refractivity contribution in [2.24, 2.45) is 0 Å². The fourth-order valence-corrected chi connectivity index (χ4v) is 2.42. The molecule has 0 saturated carbocycles. The second kappa shape index (κ2) is 7.97. The first-order valence-electron chi connectivity index (χ1n) is 7.61. The zero-order valence-electron chi connectivity index (χ0n) is 13.2. The van der Waals surface area contributed by atoms with Crippen molar-refractivity contribution in [3.8, 4) is 0 Å². The van der Waals surface area contributed by atoms with Crippen LogP contribution in [0.5, 0.6) is 0 Å². The zero-order valence-corrected chi connectivity index (χ0v) is 14.0. The molecule has 0 aliphatic carbocycles. The van der Waals surface area contributed by atoms with E-state index in [0.717, 1.165) is 18.5 Å². The lowest BCUT2D eigenvalue weighted by Gasteiger charge is -2.16. The van der Waals surface area contributed by atoms with E-state index in [-0.39, 0.29) is 10.9 Å². The molecule has 0 aliphatic heterocycles. The third kappa shape index (κ3) is 4.96. The van der Waals surface area contributed by atoms with Crippen LogP contribution in [0.25, 0.3) is 0 Å². The lowest BCUT2D eigenvalue weighted by Crippen LogP contribution is -2.31. The molecule has 0 spiro atoms. The second-order valence-electron chi connectivity index (χ2n) is 5.43. The Labute approximate surface area is 140 Å². The number of benzene rings is 2. The summed E-state index contributed by atoms with van der Waals surface area (Å²) in [5.74, 6) is -0.678. The Balaban J connectivity index is 1.96. The van der Waals surface area contributed by atoms with Gasteiger partial charge in [0.2, 0.25) is 5.91 Å². The minimum atomic E-state index is -0.451. The highest BCUT2D eigenvalue weighted by atomic mass is 35.5. The van der Waals surface area contributed by atoms with Crippen molar-refractivity contribution < 1.29 is 9.18 Å². The molecule has 0 bridgehead atoms. The van der Waals surface area contributed by atoms with Crippen molar-refractivity contribution in [1.29, 1.82) is 0 Å². The van der Waals surface area contributed by atoms with Gasteiger partial charge in [-0.3, -0.25) is 4.79 Å². The summed E-state index contributed by atoms with van der Waals surface area (Å²) in [6.07, 6.45) is 2.14. The lowest BCUT2D eigenvalue weighted by atomic mass is 10.1. The number of anilines is 2. The fourth-order valence-electron chi connectivity index (χ4n) is 2.20. The van der Waals surface area contributed by atoms with Gasteiger partial charge in [0.05, 0.1) is 10.7 Å². The molecule has 1 atom stereocenters. The normalized spacial score (nSPS) is 11.8. The molecule has 23 heavy (non-hydrogen) atoms. The van der Waals surface area contributed by atoms with E-state index in [2.05, 4.69) is 17.6 Å². The van der Waals surface area contributed by atoms with Crippen molar-refractivity contribution in [2.45, 2.75) is 32.7 Å². The summed E-state index contributed by atoms with van der Waals surface area (Å²) >= 11 is 5.91. The van der Waals surface area contributed by atoms with Crippen molar-refractivity contribution in [2.75, 3.05) is 10.6 Å². The van der Waals surface area contributed by atoms with Crippen LogP contribution in [0.4, 0.5) is 15.8 Å². The van der Waals surface area contributed by atoms with Crippen molar-refractivity contribution in [1.82, 2.24) is 0 Å². The van der Waals surface area contributed by atoms with Crippen LogP contribution in [0.1, 0.15) is 25.8 Å². The molecule has 0 unspecified atom stereocenters. The number of carbonyl (C=O) groups is 1. The number of hydrogen-bond acceptors (Lipinski definition) is 2. The first-order chi connectivity index (χ1) is 11.0. The highest BCUT2D eigenvalue weighted by Gasteiger charge is 2.14. The summed E-state index contributed by atoms with van der Waals surface area (Å²) < 4.78 is 13.0. The van der Waals surface area contributed by atoms with Gasteiger partial charge in [-0.05, 0) is 49.2 Å². The van der Waals surface area contributed by atoms with E-state index in [0.29, 0.717) is 5.69 Å². The van der Waals surface area contributed by atoms with Crippen LogP contribution in [-0.4, -0.2) is 11.9 Å². The fraction of sp³-hybridized carbons (Fsp3) is 0.278. The lowest BCUT2D eigenvalue weighted by molar-refractivity contribution is -0.116. The predicted octanol–water partition coefficient (Wildman–Crippen LogP) is 4.87. The van der Waals surface area contributed by atoms with Gasteiger partial charge in [0.25, 0.3) is 0 Å². The van der Waals surface area contributed by atoms with Crippen LogP contribution in [-0.2, 0) is 11.2 Å². The van der Waals surface area contributed by atoms with E-state index < -0.39 is 11.9 Å². The summed E-state index contributed by atoms with van der Waals surface area (Å²) in [4.78, 5) is 12.2. The molecule has 0 fully saturated rings. The summed E-state index contributed by atoms with van der Waals surface area (Å²) in [6.45, 7) is 3.89. The van der Waals surface area contributed by atoms with E-state index in [1.54, 1.807) is 6.92 Å². The van der Waals surface area contributed by atoms with Crippen LogP contribution < -0.4 is 10.6 Å². The molecule has 5 heteroatoms. The highest BCUT2D eigenvalue weighted by Crippen LogP contribution is 2.22. The molecular weight excluding hydrogens is 315 g/mol. The number of carbonyl (C=O) groups excluding carboxylic acids is 1. The molecule has 3 nitrogen and oxygen atoms in total. The van der Waals surface area contributed by atoms with E-state index in [1.807, 2.05) is 24.3 Å². The number of halogens is 2. The van der Waals surface area contributed by atoms with Gasteiger partial charge in [0.1, 0.15) is 11.9 Å². The molecule has 0 aromatic heterocycles. The Morgan fingerprint density at radius 2 is 1.91 bits per heavy atom. The Hall–Kier alpha value is -2.07. The van der Waals surface area contributed by atoms with Crippen LogP contribution in [0.3, 0.4) is 0 Å². The Morgan fingerprint density at radius 3 is 2.52 bits per heavy atom. The highest BCUT2D eigenvalue weighted by molar-refractivity contribution is 6.33. The molecule has 1 amide bonds. The molecule has 0 heterocycles. The minimum Gasteiger partial charge on any atom is -0.374 e. The Bertz CT molecular complexity index is 673. The molecule has 2 N–H and O–H groups in total. The van der Waals surface area contributed by atoms with Gasteiger partial charge in [-0.2, -0.15) is 0 Å². The van der Waals surface area contributed by atoms with Gasteiger partial charge in [0.15, 0.2) is 0 Å². The number of hydrogen-bond donors (Lipinski definition) is 2. The molecule has 2 aromatic carbocycles. The molecule has 2 aromatic rings. The van der Waals surface area contributed by atoms with Crippen LogP contribution in [0, 0.1) is 5.82 Å². The third-order valence-corrected chi connectivity index (χ3v) is 3.77. The molecule has 0 saturated heterocycles. The van der Waals surface area contributed by atoms with Gasteiger partial charge in [-0.25, -0.2) is 4.39 Å². The van der Waals surface area contributed by atoms with Crippen LogP contribution >= 0.6 is 11.6 Å². The number of nitrogens with one attached hydrogen (secondary N) is 2. The average Bonchev–Trinajstić information content (AvgIpc) is 2.52. The van der Waals surface area contributed by atoms with E-state index in [1.165, 1.54) is 23.8 Å². The molecule has 0 radical (unpaired) electrons. The quantitative estimate of drug-likeness (QED) is 0.791. The number of aryl methyl sites for hydroxylation is 1. The summed E-state index contributed by atoms with van der Waals surface area (Å²) in [6, 6.07) is 11.4. The van der Waals surface area contributed by atoms with E-state index >= 15 is 0 Å². The van der Waals surface area contributed by atoms with Crippen molar-refractivity contribution in [3.63, 3.8) is 0 Å². The maximum atomic E-state index is 13.0. The van der Waals surface area contributed by atoms with Gasteiger partial charge in [-0.15, -0.1) is 0 Å². The predicted molar refractivity (Wildman–Crippen MR) is 93.6 cm³/mol. The molecular formula is C18H20ClFN2O. The zero-order chi connectivity index (χ0) is 16.8. The van der Waals surface area contributed by atoms with Crippen LogP contribution in [0.2, 0.25) is 5.02 Å². The molecule has 2 rings (SSSR count). The summed E-state index contributed by atoms with van der Waals surface area (Å²) in [5.41, 5.74) is 2.54. The third-order valence-electron chi connectivity index (χ3n) is 3.46. The van der Waals surface area contributed by atoms with E-state index in [4.69, 9.17) is 11.6 Å². The maximum Gasteiger partial charge on any atom is 0.246 e. The van der Waals surface area contributed by atoms with Gasteiger partial charge in [-0.1, -0.05) is 37.1 Å². The largest absolute Gasteiger partial charge is 0.374 e. The van der Waals surface area contributed by atoms with Gasteiger partial charge >= 0.3 is 0 Å². The monoisotopic (exact) mass is 334 g/mol. The van der Waals surface area contributed by atoms with Gasteiger partial charge < -0.3 is 10.6 Å². The SMILES string of the molecule is CCCc1ccc(N[C@@H](C)C(=O)Nc2ccc(F)cc2Cl)cc1. The minimum absolute atomic E-state index is 0.175. The van der Waals surface area contributed by atoms with Gasteiger partial charge in [0, 0.05) is 5.69 Å². The molecule has 0 aliphatic rings.